The number of nitrogens with zero attached hydrogens (tertiary/aromatic N) is 8. The molecule has 0 saturated carbocycles. The third kappa shape index (κ3) is 2.70. The van der Waals surface area contributed by atoms with E-state index in [0.717, 1.165) is 62.8 Å². The smallest absolute Gasteiger partial charge is 0.254 e. The van der Waals surface area contributed by atoms with Crippen LogP contribution in [-0.4, -0.2) is 55.7 Å². The Labute approximate surface area is 158 Å². The fourth-order valence-electron chi connectivity index (χ4n) is 4.34. The summed E-state index contributed by atoms with van der Waals surface area (Å²) in [6, 6.07) is 0. The topological polar surface area (TPSA) is 75.3 Å². The maximum Gasteiger partial charge on any atom is 0.254 e. The van der Waals surface area contributed by atoms with Crippen LogP contribution >= 0.6 is 0 Å². The van der Waals surface area contributed by atoms with Gasteiger partial charge in [0.2, 0.25) is 0 Å². The van der Waals surface area contributed by atoms with Crippen LogP contribution in [0.2, 0.25) is 0 Å². The van der Waals surface area contributed by atoms with Crippen molar-refractivity contribution in [3.63, 3.8) is 0 Å². The van der Waals surface area contributed by atoms with Gasteiger partial charge in [0.1, 0.15) is 24.3 Å². The van der Waals surface area contributed by atoms with Crippen LogP contribution in [0, 0.1) is 13.8 Å². The van der Waals surface area contributed by atoms with E-state index in [-0.39, 0.29) is 0 Å². The zero-order valence-electron chi connectivity index (χ0n) is 15.9. The molecule has 0 amide bonds. The van der Waals surface area contributed by atoms with E-state index in [4.69, 9.17) is 0 Å². The van der Waals surface area contributed by atoms with Gasteiger partial charge in [-0.1, -0.05) is 0 Å². The van der Waals surface area contributed by atoms with Gasteiger partial charge in [0.15, 0.2) is 0 Å². The molecule has 0 atom stereocenters. The Bertz CT molecular complexity index is 995. The zero-order valence-corrected chi connectivity index (χ0v) is 15.9. The fourth-order valence-corrected chi connectivity index (χ4v) is 4.34. The van der Waals surface area contributed by atoms with Gasteiger partial charge in [0.25, 0.3) is 5.78 Å². The number of anilines is 2. The van der Waals surface area contributed by atoms with Crippen LogP contribution in [0.25, 0.3) is 5.78 Å². The van der Waals surface area contributed by atoms with E-state index >= 15 is 0 Å². The van der Waals surface area contributed by atoms with Crippen molar-refractivity contribution in [2.45, 2.75) is 39.5 Å². The van der Waals surface area contributed by atoms with Gasteiger partial charge in [-0.25, -0.2) is 15.0 Å². The fraction of sp³-hybridized carbons (Fsp3) is 0.526. The van der Waals surface area contributed by atoms with E-state index < -0.39 is 0 Å². The van der Waals surface area contributed by atoms with Crippen molar-refractivity contribution in [2.24, 2.45) is 0 Å². The molecule has 4 heterocycles. The highest BCUT2D eigenvalue weighted by Crippen LogP contribution is 2.29. The first-order valence-corrected chi connectivity index (χ1v) is 9.72. The third-order valence-corrected chi connectivity index (χ3v) is 5.82. The second-order valence-corrected chi connectivity index (χ2v) is 7.42. The van der Waals surface area contributed by atoms with Crippen LogP contribution < -0.4 is 9.80 Å². The van der Waals surface area contributed by atoms with Gasteiger partial charge in [0, 0.05) is 48.7 Å². The molecule has 3 aromatic rings. The summed E-state index contributed by atoms with van der Waals surface area (Å²) < 4.78 is 1.88. The Hall–Kier alpha value is -2.77. The number of hydrogen-bond acceptors (Lipinski definition) is 7. The Morgan fingerprint density at radius 3 is 2.63 bits per heavy atom. The van der Waals surface area contributed by atoms with Gasteiger partial charge in [-0.2, -0.15) is 14.6 Å². The Morgan fingerprint density at radius 2 is 1.70 bits per heavy atom. The summed E-state index contributed by atoms with van der Waals surface area (Å²) in [6.45, 7) is 8.05. The molecular formula is C19H24N8. The lowest BCUT2D eigenvalue weighted by Gasteiger charge is -2.26. The van der Waals surface area contributed by atoms with Crippen molar-refractivity contribution >= 4 is 17.4 Å². The predicted octanol–water partition coefficient (Wildman–Crippen LogP) is 1.74. The standard InChI is InChI=1S/C19H24N8/c1-13-14(2)24-19-22-12-23-27(19)18(13)26-8-4-7-25(9-10-26)17-15-5-3-6-16(15)20-11-21-17/h11-12H,3-10H2,1-2H3. The highest BCUT2D eigenvalue weighted by molar-refractivity contribution is 5.55. The molecule has 0 radical (unpaired) electrons. The summed E-state index contributed by atoms with van der Waals surface area (Å²) in [5, 5.41) is 4.42. The molecule has 2 aliphatic rings. The van der Waals surface area contributed by atoms with Crippen molar-refractivity contribution in [3.8, 4) is 0 Å². The molecule has 0 bridgehead atoms. The molecule has 5 rings (SSSR count). The van der Waals surface area contributed by atoms with Crippen molar-refractivity contribution < 1.29 is 0 Å². The quantitative estimate of drug-likeness (QED) is 0.685. The van der Waals surface area contributed by atoms with E-state index in [9.17, 15) is 0 Å². The molecule has 0 N–H and O–H groups in total. The molecule has 0 spiro atoms. The number of hydrogen-bond donors (Lipinski definition) is 0. The van der Waals surface area contributed by atoms with Crippen molar-refractivity contribution in [3.05, 3.63) is 35.2 Å². The minimum atomic E-state index is 0.669. The van der Waals surface area contributed by atoms with Gasteiger partial charge in [-0.05, 0) is 39.5 Å². The molecule has 8 heteroatoms. The Morgan fingerprint density at radius 1 is 0.852 bits per heavy atom. The van der Waals surface area contributed by atoms with E-state index in [1.807, 2.05) is 11.4 Å². The minimum Gasteiger partial charge on any atom is -0.354 e. The van der Waals surface area contributed by atoms with E-state index in [1.54, 1.807) is 12.7 Å². The van der Waals surface area contributed by atoms with Crippen LogP contribution in [0.1, 0.15) is 35.4 Å². The monoisotopic (exact) mass is 364 g/mol. The van der Waals surface area contributed by atoms with Crippen LogP contribution in [0.15, 0.2) is 12.7 Å². The highest BCUT2D eigenvalue weighted by Gasteiger charge is 2.25. The third-order valence-electron chi connectivity index (χ3n) is 5.82. The molecular weight excluding hydrogens is 340 g/mol. The first-order valence-electron chi connectivity index (χ1n) is 9.72. The lowest BCUT2D eigenvalue weighted by atomic mass is 10.2. The first-order chi connectivity index (χ1) is 13.2. The predicted molar refractivity (Wildman–Crippen MR) is 103 cm³/mol. The zero-order chi connectivity index (χ0) is 18.4. The number of fused-ring (bicyclic) bond motifs is 2. The molecule has 1 fully saturated rings. The number of rotatable bonds is 2. The molecule has 1 aliphatic carbocycles. The average molecular weight is 364 g/mol. The Balaban J connectivity index is 1.45. The molecule has 1 saturated heterocycles. The molecule has 8 nitrogen and oxygen atoms in total. The molecule has 1 aliphatic heterocycles. The van der Waals surface area contributed by atoms with Crippen LogP contribution in [0.4, 0.5) is 11.6 Å². The van der Waals surface area contributed by atoms with E-state index in [0.29, 0.717) is 5.78 Å². The molecule has 0 aromatic carbocycles. The summed E-state index contributed by atoms with van der Waals surface area (Å²) in [6.07, 6.45) is 7.78. The first kappa shape index (κ1) is 16.4. The summed E-state index contributed by atoms with van der Waals surface area (Å²) in [7, 11) is 0. The minimum absolute atomic E-state index is 0.669. The largest absolute Gasteiger partial charge is 0.354 e. The molecule has 0 unspecified atom stereocenters. The normalized spacial score (nSPS) is 17.4. The van der Waals surface area contributed by atoms with Gasteiger partial charge in [0.05, 0.1) is 0 Å². The van der Waals surface area contributed by atoms with E-state index in [1.165, 1.54) is 23.2 Å². The maximum atomic E-state index is 4.65. The van der Waals surface area contributed by atoms with Crippen LogP contribution in [-0.2, 0) is 12.8 Å². The number of aromatic nitrogens is 6. The van der Waals surface area contributed by atoms with Crippen molar-refractivity contribution in [1.29, 1.82) is 0 Å². The van der Waals surface area contributed by atoms with Crippen molar-refractivity contribution in [2.75, 3.05) is 36.0 Å². The molecule has 3 aromatic heterocycles. The summed E-state index contributed by atoms with van der Waals surface area (Å²) >= 11 is 0. The van der Waals surface area contributed by atoms with Gasteiger partial charge in [-0.15, -0.1) is 0 Å². The van der Waals surface area contributed by atoms with Gasteiger partial charge < -0.3 is 9.80 Å². The second-order valence-electron chi connectivity index (χ2n) is 7.42. The average Bonchev–Trinajstić information content (AvgIpc) is 3.27. The van der Waals surface area contributed by atoms with Gasteiger partial charge in [-0.3, -0.25) is 0 Å². The SMILES string of the molecule is Cc1nc2ncnn2c(N2CCCN(c3ncnc4c3CCC4)CC2)c1C. The highest BCUT2D eigenvalue weighted by atomic mass is 15.4. The summed E-state index contributed by atoms with van der Waals surface area (Å²) in [5.74, 6) is 2.93. The van der Waals surface area contributed by atoms with Crippen LogP contribution in [0.3, 0.4) is 0 Å². The summed E-state index contributed by atoms with van der Waals surface area (Å²) in [4.78, 5) is 22.8. The lowest BCUT2D eigenvalue weighted by molar-refractivity contribution is 0.761. The van der Waals surface area contributed by atoms with E-state index in [2.05, 4.69) is 41.8 Å². The maximum absolute atomic E-state index is 4.65. The second kappa shape index (κ2) is 6.44. The molecule has 140 valence electrons. The van der Waals surface area contributed by atoms with Gasteiger partial charge >= 0.3 is 0 Å². The van der Waals surface area contributed by atoms with Crippen molar-refractivity contribution in [1.82, 2.24) is 29.5 Å². The Kier molecular flexibility index (Phi) is 3.91. The molecule has 27 heavy (non-hydrogen) atoms. The summed E-state index contributed by atoms with van der Waals surface area (Å²) in [5.41, 5.74) is 4.79. The van der Waals surface area contributed by atoms with Crippen LogP contribution in [0.5, 0.6) is 0 Å². The number of aryl methyl sites for hydroxylation is 2. The lowest BCUT2D eigenvalue weighted by Crippen LogP contribution is -2.33.